The maximum absolute atomic E-state index is 14.2. The fourth-order valence-electron chi connectivity index (χ4n) is 5.86. The van der Waals surface area contributed by atoms with Gasteiger partial charge in [-0.2, -0.15) is 0 Å². The van der Waals surface area contributed by atoms with Crippen LogP contribution in [0.2, 0.25) is 5.02 Å². The molecule has 2 unspecified atom stereocenters. The van der Waals surface area contributed by atoms with Gasteiger partial charge < -0.3 is 35.1 Å². The number of allylic oxidation sites excluding steroid dienone is 1. The Balaban J connectivity index is 1.35. The topological polar surface area (TPSA) is 166 Å². The molecule has 1 aliphatic rings. The highest BCUT2D eigenvalue weighted by molar-refractivity contribution is 6.31. The summed E-state index contributed by atoms with van der Waals surface area (Å²) < 4.78 is 17.9. The van der Waals surface area contributed by atoms with Gasteiger partial charge in [-0.15, -0.1) is 5.10 Å². The van der Waals surface area contributed by atoms with Crippen molar-refractivity contribution in [1.82, 2.24) is 35.8 Å². The summed E-state index contributed by atoms with van der Waals surface area (Å²) >= 11 is 6.63. The lowest BCUT2D eigenvalue weighted by Gasteiger charge is -2.34. The number of methoxy groups -OCH3 is 2. The fourth-order valence-corrected chi connectivity index (χ4v) is 6.10. The van der Waals surface area contributed by atoms with Gasteiger partial charge in [-0.25, -0.2) is 14.3 Å². The number of hydrogen-bond acceptors (Lipinski definition) is 9. The molecular weight excluding hydrogens is 702 g/mol. The third-order valence-corrected chi connectivity index (χ3v) is 8.57. The van der Waals surface area contributed by atoms with E-state index in [4.69, 9.17) is 25.8 Å². The number of benzene rings is 3. The normalized spacial score (nSPS) is 14.8. The molecule has 2 atom stereocenters. The number of carbonyl (C=O) groups excluding carboxylic acids is 4. The fraction of sp³-hybridized carbons (Fsp3) is 0.316. The van der Waals surface area contributed by atoms with Crippen LogP contribution in [0.1, 0.15) is 62.2 Å². The molecule has 53 heavy (non-hydrogen) atoms. The quantitative estimate of drug-likeness (QED) is 0.160. The van der Waals surface area contributed by atoms with Crippen molar-refractivity contribution >= 4 is 35.4 Å². The van der Waals surface area contributed by atoms with Crippen LogP contribution in [0, 0.1) is 0 Å². The minimum absolute atomic E-state index is 0.0234. The minimum Gasteiger partial charge on any atom is -0.493 e. The lowest BCUT2D eigenvalue weighted by atomic mass is 9.95. The summed E-state index contributed by atoms with van der Waals surface area (Å²) in [5, 5.41) is 17.1. The molecule has 5 rings (SSSR count). The van der Waals surface area contributed by atoms with Gasteiger partial charge in [0.15, 0.2) is 11.5 Å². The Morgan fingerprint density at radius 2 is 1.74 bits per heavy atom. The van der Waals surface area contributed by atoms with Crippen LogP contribution in [0.3, 0.4) is 0 Å². The molecule has 0 fully saturated rings. The van der Waals surface area contributed by atoms with E-state index in [9.17, 15) is 19.2 Å². The molecule has 2 heterocycles. The van der Waals surface area contributed by atoms with Crippen molar-refractivity contribution in [3.8, 4) is 11.5 Å². The van der Waals surface area contributed by atoms with Crippen LogP contribution >= 0.6 is 11.6 Å². The SMILES string of the molecule is COC(=O)C1=C(C)NC(=O)NC1c1ccc(OCc2cn(CC(=O)N(Cc3ccccc3)C(C(=O)NC(C)(C)C)c3ccccc3Cl)nn2)c(OC)c1. The highest BCUT2D eigenvalue weighted by Crippen LogP contribution is 2.35. The molecule has 4 amide bonds. The van der Waals surface area contributed by atoms with Gasteiger partial charge in [0.2, 0.25) is 11.8 Å². The van der Waals surface area contributed by atoms with Crippen LogP contribution < -0.4 is 25.4 Å². The molecule has 0 saturated carbocycles. The second kappa shape index (κ2) is 16.6. The first-order chi connectivity index (χ1) is 25.3. The Morgan fingerprint density at radius 1 is 1.02 bits per heavy atom. The van der Waals surface area contributed by atoms with Gasteiger partial charge >= 0.3 is 12.0 Å². The Kier molecular flexibility index (Phi) is 12.0. The molecule has 0 spiro atoms. The van der Waals surface area contributed by atoms with Crippen LogP contribution in [-0.2, 0) is 38.8 Å². The standard InChI is InChI=1S/C38H42ClN7O7/c1-23-32(36(49)52-6)33(41-37(50)40-23)25-16-17-29(30(18-25)51-5)53-22-26-20-45(44-43-26)21-31(47)46(19-24-12-8-7-9-13-24)34(35(48)42-38(2,3)4)27-14-10-11-15-28(27)39/h7-18,20,33-34H,19,21-22H2,1-6H3,(H,42,48)(H2,40,41,50). The number of hydrogen-bond donors (Lipinski definition) is 3. The molecule has 1 aliphatic heterocycles. The highest BCUT2D eigenvalue weighted by atomic mass is 35.5. The number of rotatable bonds is 13. The second-order valence-electron chi connectivity index (χ2n) is 13.3. The summed E-state index contributed by atoms with van der Waals surface area (Å²) in [6.45, 7) is 7.11. The molecule has 1 aromatic heterocycles. The zero-order valence-electron chi connectivity index (χ0n) is 30.3. The van der Waals surface area contributed by atoms with E-state index in [1.807, 2.05) is 51.1 Å². The molecule has 4 aromatic rings. The molecule has 3 N–H and O–H groups in total. The van der Waals surface area contributed by atoms with E-state index in [-0.39, 0.29) is 31.2 Å². The predicted molar refractivity (Wildman–Crippen MR) is 196 cm³/mol. The molecule has 0 radical (unpaired) electrons. The van der Waals surface area contributed by atoms with Crippen molar-refractivity contribution in [1.29, 1.82) is 0 Å². The molecular formula is C38H42ClN7O7. The van der Waals surface area contributed by atoms with E-state index in [1.54, 1.807) is 55.6 Å². The number of carbonyl (C=O) groups is 4. The summed E-state index contributed by atoms with van der Waals surface area (Å²) in [7, 11) is 2.74. The van der Waals surface area contributed by atoms with Crippen LogP contribution in [0.4, 0.5) is 4.79 Å². The highest BCUT2D eigenvalue weighted by Gasteiger charge is 2.35. The van der Waals surface area contributed by atoms with Gasteiger partial charge in [0.25, 0.3) is 0 Å². The van der Waals surface area contributed by atoms with Crippen LogP contribution in [0.25, 0.3) is 0 Å². The van der Waals surface area contributed by atoms with Gasteiger partial charge in [0.05, 0.1) is 32.0 Å². The van der Waals surface area contributed by atoms with E-state index in [2.05, 4.69) is 26.3 Å². The van der Waals surface area contributed by atoms with Crippen LogP contribution in [0.15, 0.2) is 90.3 Å². The summed E-state index contributed by atoms with van der Waals surface area (Å²) in [5.74, 6) is -0.647. The lowest BCUT2D eigenvalue weighted by Crippen LogP contribution is -2.49. The average Bonchev–Trinajstić information content (AvgIpc) is 3.57. The van der Waals surface area contributed by atoms with Crippen molar-refractivity contribution < 1.29 is 33.4 Å². The van der Waals surface area contributed by atoms with Crippen LogP contribution in [0.5, 0.6) is 11.5 Å². The molecule has 0 aliphatic carbocycles. The molecule has 15 heteroatoms. The van der Waals surface area contributed by atoms with Gasteiger partial charge in [-0.3, -0.25) is 9.59 Å². The summed E-state index contributed by atoms with van der Waals surface area (Å²) in [6.07, 6.45) is 1.58. The maximum atomic E-state index is 14.2. The zero-order valence-corrected chi connectivity index (χ0v) is 31.1. The number of esters is 1. The van der Waals surface area contributed by atoms with Gasteiger partial charge in [0, 0.05) is 28.4 Å². The lowest BCUT2D eigenvalue weighted by molar-refractivity contribution is -0.142. The average molecular weight is 744 g/mol. The number of amides is 4. The number of aromatic nitrogens is 3. The van der Waals surface area contributed by atoms with Crippen molar-refractivity contribution in [3.05, 3.63) is 118 Å². The van der Waals surface area contributed by atoms with Gasteiger partial charge in [-0.05, 0) is 57.0 Å². The molecule has 14 nitrogen and oxygen atoms in total. The number of halogens is 1. The first kappa shape index (κ1) is 38.3. The molecule has 0 bridgehead atoms. The Morgan fingerprint density at radius 3 is 2.42 bits per heavy atom. The molecule has 0 saturated heterocycles. The van der Waals surface area contributed by atoms with E-state index in [0.29, 0.717) is 39.0 Å². The smallest absolute Gasteiger partial charge is 0.337 e. The zero-order chi connectivity index (χ0) is 38.3. The van der Waals surface area contributed by atoms with E-state index in [1.165, 1.54) is 23.8 Å². The maximum Gasteiger partial charge on any atom is 0.337 e. The van der Waals surface area contributed by atoms with Crippen LogP contribution in [-0.4, -0.2) is 63.5 Å². The predicted octanol–water partition coefficient (Wildman–Crippen LogP) is 5.00. The number of nitrogens with one attached hydrogen (secondary N) is 3. The second-order valence-corrected chi connectivity index (χ2v) is 13.7. The molecule has 3 aromatic carbocycles. The van der Waals surface area contributed by atoms with Gasteiger partial charge in [-0.1, -0.05) is 71.4 Å². The summed E-state index contributed by atoms with van der Waals surface area (Å²) in [5.41, 5.74) is 2.36. The summed E-state index contributed by atoms with van der Waals surface area (Å²) in [6, 6.07) is 19.1. The van der Waals surface area contributed by atoms with Crippen molar-refractivity contribution in [2.45, 2.75) is 65.0 Å². The van der Waals surface area contributed by atoms with Crippen molar-refractivity contribution in [3.63, 3.8) is 0 Å². The Hall–Kier alpha value is -5.89. The number of ether oxygens (including phenoxy) is 3. The van der Waals surface area contributed by atoms with E-state index in [0.717, 1.165) is 5.56 Å². The van der Waals surface area contributed by atoms with Crippen molar-refractivity contribution in [2.75, 3.05) is 14.2 Å². The Labute approximate surface area is 312 Å². The third kappa shape index (κ3) is 9.51. The largest absolute Gasteiger partial charge is 0.493 e. The Bertz CT molecular complexity index is 2010. The first-order valence-corrected chi connectivity index (χ1v) is 17.1. The monoisotopic (exact) mass is 743 g/mol. The first-order valence-electron chi connectivity index (χ1n) is 16.7. The van der Waals surface area contributed by atoms with Crippen molar-refractivity contribution in [2.24, 2.45) is 0 Å². The molecule has 278 valence electrons. The van der Waals surface area contributed by atoms with E-state index >= 15 is 0 Å². The summed E-state index contributed by atoms with van der Waals surface area (Å²) in [4.78, 5) is 54.4. The number of urea groups is 1. The third-order valence-electron chi connectivity index (χ3n) is 8.23. The number of nitrogens with zero attached hydrogens (tertiary/aromatic N) is 4. The minimum atomic E-state index is -1.04. The van der Waals surface area contributed by atoms with Gasteiger partial charge in [0.1, 0.15) is 24.9 Å². The van der Waals surface area contributed by atoms with E-state index < -0.39 is 35.5 Å².